The average Bonchev–Trinajstić information content (AvgIpc) is 2.59. The monoisotopic (exact) mass is 302 g/mol. The molecule has 0 bridgehead atoms. The molecule has 2 rings (SSSR count). The van der Waals surface area contributed by atoms with Crippen LogP contribution in [-0.4, -0.2) is 26.4 Å². The number of benzene rings is 2. The van der Waals surface area contributed by atoms with Crippen molar-refractivity contribution in [3.05, 3.63) is 53.1 Å². The standard InChI is InChI=1S/C18H22O4/c1-20-16-10-15(11-17(21-2)18(16)22-3)9-6-13-4-7-14(12-19)8-5-13/h4-5,7-8,10-11,19H,6,9,12H2,1-3H3. The SMILES string of the molecule is COc1cc(CCc2ccc(CO)cc2)cc(OC)c1OC. The first-order chi connectivity index (χ1) is 10.7. The molecule has 1 N–H and O–H groups in total. The molecule has 2 aromatic carbocycles. The van der Waals surface area contributed by atoms with E-state index in [4.69, 9.17) is 19.3 Å². The van der Waals surface area contributed by atoms with E-state index in [0.717, 1.165) is 24.0 Å². The maximum atomic E-state index is 9.06. The summed E-state index contributed by atoms with van der Waals surface area (Å²) < 4.78 is 16.1. The zero-order valence-corrected chi connectivity index (χ0v) is 13.3. The van der Waals surface area contributed by atoms with Gasteiger partial charge in [-0.2, -0.15) is 0 Å². The molecule has 0 unspecified atom stereocenters. The number of methoxy groups -OCH3 is 3. The summed E-state index contributed by atoms with van der Waals surface area (Å²) in [4.78, 5) is 0. The molecule has 0 fully saturated rings. The fourth-order valence-electron chi connectivity index (χ4n) is 2.38. The highest BCUT2D eigenvalue weighted by molar-refractivity contribution is 5.53. The third-order valence-electron chi connectivity index (χ3n) is 3.63. The summed E-state index contributed by atoms with van der Waals surface area (Å²) in [6.45, 7) is 0.0765. The second-order valence-corrected chi connectivity index (χ2v) is 5.01. The number of hydrogen-bond acceptors (Lipinski definition) is 4. The molecule has 0 amide bonds. The van der Waals surface area contributed by atoms with Crippen molar-refractivity contribution in [2.45, 2.75) is 19.4 Å². The zero-order valence-electron chi connectivity index (χ0n) is 13.3. The molecule has 0 aliphatic rings. The Morgan fingerprint density at radius 2 is 1.23 bits per heavy atom. The van der Waals surface area contributed by atoms with Crippen LogP contribution in [0.3, 0.4) is 0 Å². The van der Waals surface area contributed by atoms with Crippen molar-refractivity contribution in [3.63, 3.8) is 0 Å². The molecule has 0 heterocycles. The largest absolute Gasteiger partial charge is 0.493 e. The highest BCUT2D eigenvalue weighted by atomic mass is 16.5. The maximum Gasteiger partial charge on any atom is 0.203 e. The molecule has 118 valence electrons. The number of aryl methyl sites for hydroxylation is 2. The second-order valence-electron chi connectivity index (χ2n) is 5.01. The van der Waals surface area contributed by atoms with Gasteiger partial charge in [0.15, 0.2) is 11.5 Å². The quantitative estimate of drug-likeness (QED) is 0.854. The highest BCUT2D eigenvalue weighted by Gasteiger charge is 2.13. The van der Waals surface area contributed by atoms with E-state index in [1.807, 2.05) is 36.4 Å². The summed E-state index contributed by atoms with van der Waals surface area (Å²) >= 11 is 0. The number of aliphatic hydroxyl groups excluding tert-OH is 1. The van der Waals surface area contributed by atoms with Crippen LogP contribution in [0, 0.1) is 0 Å². The van der Waals surface area contributed by atoms with Gasteiger partial charge in [-0.25, -0.2) is 0 Å². The van der Waals surface area contributed by atoms with Gasteiger partial charge in [-0.1, -0.05) is 24.3 Å². The van der Waals surface area contributed by atoms with E-state index in [2.05, 4.69) is 0 Å². The third kappa shape index (κ3) is 3.71. The Balaban J connectivity index is 2.14. The first-order valence-electron chi connectivity index (χ1n) is 7.19. The van der Waals surface area contributed by atoms with Gasteiger partial charge in [0.2, 0.25) is 5.75 Å². The van der Waals surface area contributed by atoms with E-state index in [1.165, 1.54) is 5.56 Å². The van der Waals surface area contributed by atoms with Crippen LogP contribution in [0.4, 0.5) is 0 Å². The van der Waals surface area contributed by atoms with Gasteiger partial charge in [0.1, 0.15) is 0 Å². The molecular weight excluding hydrogens is 280 g/mol. The van der Waals surface area contributed by atoms with Gasteiger partial charge in [-0.3, -0.25) is 0 Å². The fraction of sp³-hybridized carbons (Fsp3) is 0.333. The molecule has 0 saturated heterocycles. The van der Waals surface area contributed by atoms with Crippen LogP contribution in [0.15, 0.2) is 36.4 Å². The molecule has 0 spiro atoms. The zero-order chi connectivity index (χ0) is 15.9. The van der Waals surface area contributed by atoms with E-state index in [1.54, 1.807) is 21.3 Å². The molecule has 0 aliphatic carbocycles. The van der Waals surface area contributed by atoms with Crippen molar-refractivity contribution < 1.29 is 19.3 Å². The Morgan fingerprint density at radius 1 is 0.727 bits per heavy atom. The second kappa shape index (κ2) is 7.71. The minimum absolute atomic E-state index is 0.0765. The van der Waals surface area contributed by atoms with Gasteiger partial charge >= 0.3 is 0 Å². The molecule has 0 aliphatic heterocycles. The van der Waals surface area contributed by atoms with Crippen molar-refractivity contribution in [2.75, 3.05) is 21.3 Å². The predicted molar refractivity (Wildman–Crippen MR) is 85.9 cm³/mol. The van der Waals surface area contributed by atoms with Crippen LogP contribution in [-0.2, 0) is 19.4 Å². The van der Waals surface area contributed by atoms with E-state index < -0.39 is 0 Å². The maximum absolute atomic E-state index is 9.06. The topological polar surface area (TPSA) is 47.9 Å². The number of rotatable bonds is 7. The summed E-state index contributed by atoms with van der Waals surface area (Å²) in [5, 5.41) is 9.06. The summed E-state index contributed by atoms with van der Waals surface area (Å²) in [6.07, 6.45) is 1.78. The number of ether oxygens (including phenoxy) is 3. The van der Waals surface area contributed by atoms with Crippen molar-refractivity contribution >= 4 is 0 Å². The van der Waals surface area contributed by atoms with Crippen LogP contribution in [0.2, 0.25) is 0 Å². The van der Waals surface area contributed by atoms with E-state index in [9.17, 15) is 0 Å². The van der Waals surface area contributed by atoms with Crippen LogP contribution < -0.4 is 14.2 Å². The van der Waals surface area contributed by atoms with Crippen LogP contribution in [0.5, 0.6) is 17.2 Å². The van der Waals surface area contributed by atoms with Crippen LogP contribution in [0.1, 0.15) is 16.7 Å². The summed E-state index contributed by atoms with van der Waals surface area (Å²) in [6, 6.07) is 11.9. The molecule has 0 radical (unpaired) electrons. The van der Waals surface area contributed by atoms with Gasteiger partial charge in [0.05, 0.1) is 27.9 Å². The van der Waals surface area contributed by atoms with E-state index in [0.29, 0.717) is 17.2 Å². The van der Waals surface area contributed by atoms with Gasteiger partial charge in [-0.05, 0) is 41.7 Å². The Morgan fingerprint density at radius 3 is 1.68 bits per heavy atom. The molecule has 22 heavy (non-hydrogen) atoms. The number of aliphatic hydroxyl groups is 1. The molecule has 0 aromatic heterocycles. The normalized spacial score (nSPS) is 10.4. The van der Waals surface area contributed by atoms with Crippen LogP contribution in [0.25, 0.3) is 0 Å². The predicted octanol–water partition coefficient (Wildman–Crippen LogP) is 2.99. The van der Waals surface area contributed by atoms with E-state index >= 15 is 0 Å². The molecule has 4 nitrogen and oxygen atoms in total. The van der Waals surface area contributed by atoms with Crippen molar-refractivity contribution in [1.29, 1.82) is 0 Å². The van der Waals surface area contributed by atoms with Gasteiger partial charge in [0.25, 0.3) is 0 Å². The summed E-state index contributed by atoms with van der Waals surface area (Å²) in [7, 11) is 4.84. The Kier molecular flexibility index (Phi) is 5.67. The minimum Gasteiger partial charge on any atom is -0.493 e. The highest BCUT2D eigenvalue weighted by Crippen LogP contribution is 2.38. The fourth-order valence-corrected chi connectivity index (χ4v) is 2.38. The molecule has 4 heteroatoms. The lowest BCUT2D eigenvalue weighted by atomic mass is 10.0. The first kappa shape index (κ1) is 16.2. The molecular formula is C18H22O4. The van der Waals surface area contributed by atoms with Gasteiger partial charge in [0, 0.05) is 0 Å². The van der Waals surface area contributed by atoms with Crippen molar-refractivity contribution in [1.82, 2.24) is 0 Å². The van der Waals surface area contributed by atoms with Gasteiger partial charge in [-0.15, -0.1) is 0 Å². The summed E-state index contributed by atoms with van der Waals surface area (Å²) in [5.41, 5.74) is 3.28. The Bertz CT molecular complexity index is 580. The van der Waals surface area contributed by atoms with E-state index in [-0.39, 0.29) is 6.61 Å². The average molecular weight is 302 g/mol. The lowest BCUT2D eigenvalue weighted by Crippen LogP contribution is -1.98. The minimum atomic E-state index is 0.0765. The molecule has 0 atom stereocenters. The lowest BCUT2D eigenvalue weighted by molar-refractivity contribution is 0.282. The number of hydrogen-bond donors (Lipinski definition) is 1. The lowest BCUT2D eigenvalue weighted by Gasteiger charge is -2.14. The Labute approximate surface area is 131 Å². The molecule has 0 saturated carbocycles. The third-order valence-corrected chi connectivity index (χ3v) is 3.63. The summed E-state index contributed by atoms with van der Waals surface area (Å²) in [5.74, 6) is 1.96. The van der Waals surface area contributed by atoms with Crippen LogP contribution >= 0.6 is 0 Å². The van der Waals surface area contributed by atoms with Gasteiger partial charge < -0.3 is 19.3 Å². The van der Waals surface area contributed by atoms with Crippen molar-refractivity contribution in [3.8, 4) is 17.2 Å². The smallest absolute Gasteiger partial charge is 0.203 e. The Hall–Kier alpha value is -2.20. The molecule has 2 aromatic rings. The van der Waals surface area contributed by atoms with Crippen molar-refractivity contribution in [2.24, 2.45) is 0 Å². The first-order valence-corrected chi connectivity index (χ1v) is 7.19.